The lowest BCUT2D eigenvalue weighted by atomic mass is 10.1. The number of hydrogen-bond acceptors (Lipinski definition) is 0. The van der Waals surface area contributed by atoms with Crippen LogP contribution in [0, 0.1) is 12.7 Å². The van der Waals surface area contributed by atoms with Gasteiger partial charge in [-0.15, -0.1) is 0 Å². The summed E-state index contributed by atoms with van der Waals surface area (Å²) in [6.45, 7) is 2.05. The molecule has 0 amide bonds. The summed E-state index contributed by atoms with van der Waals surface area (Å²) in [5.41, 5.74) is 3.13. The fraction of sp³-hybridized carbons (Fsp3) is 0.0769. The largest absolute Gasteiger partial charge is 0.354 e. The molecule has 0 aliphatic heterocycles. The molecule has 2 heteroatoms. The smallest absolute Gasteiger partial charge is 0.125 e. The van der Waals surface area contributed by atoms with Gasteiger partial charge in [-0.1, -0.05) is 12.1 Å². The third-order valence-corrected chi connectivity index (χ3v) is 2.72. The Labute approximate surface area is 86.5 Å². The number of hydrogen-bond donors (Lipinski definition) is 1. The molecule has 0 aliphatic carbocycles. The number of aryl methyl sites for hydroxylation is 1. The first-order valence-electron chi connectivity index (χ1n) is 4.92. The number of fused-ring (bicyclic) bond motifs is 3. The fourth-order valence-electron chi connectivity index (χ4n) is 2.00. The van der Waals surface area contributed by atoms with E-state index in [1.165, 1.54) is 17.7 Å². The molecule has 2 aromatic carbocycles. The molecule has 0 aliphatic rings. The second-order valence-corrected chi connectivity index (χ2v) is 3.86. The van der Waals surface area contributed by atoms with E-state index >= 15 is 0 Å². The molecule has 1 heterocycles. The molecule has 1 aromatic heterocycles. The maximum atomic E-state index is 13.0. The van der Waals surface area contributed by atoms with Crippen LogP contribution in [-0.4, -0.2) is 4.98 Å². The number of nitrogens with one attached hydrogen (secondary N) is 1. The molecule has 0 saturated carbocycles. The summed E-state index contributed by atoms with van der Waals surface area (Å²) in [7, 11) is 0. The summed E-state index contributed by atoms with van der Waals surface area (Å²) in [4.78, 5) is 3.22. The van der Waals surface area contributed by atoms with Gasteiger partial charge < -0.3 is 4.98 Å². The molecule has 0 bridgehead atoms. The monoisotopic (exact) mass is 199 g/mol. The highest BCUT2D eigenvalue weighted by atomic mass is 19.1. The number of benzene rings is 2. The molecule has 15 heavy (non-hydrogen) atoms. The van der Waals surface area contributed by atoms with Crippen molar-refractivity contribution in [2.75, 3.05) is 0 Å². The van der Waals surface area contributed by atoms with E-state index < -0.39 is 0 Å². The van der Waals surface area contributed by atoms with Crippen LogP contribution in [-0.2, 0) is 0 Å². The van der Waals surface area contributed by atoms with E-state index in [0.717, 1.165) is 21.8 Å². The van der Waals surface area contributed by atoms with Crippen LogP contribution in [0.25, 0.3) is 21.8 Å². The molecule has 1 N–H and O–H groups in total. The Balaban J connectivity index is 2.51. The number of aromatic amines is 1. The fourth-order valence-corrected chi connectivity index (χ4v) is 2.00. The SMILES string of the molecule is Cc1ccc2c(c1)[nH]c1cc(F)ccc12. The van der Waals surface area contributed by atoms with E-state index in [-0.39, 0.29) is 5.82 Å². The molecular formula is C13H10FN. The molecule has 0 atom stereocenters. The van der Waals surface area contributed by atoms with E-state index in [4.69, 9.17) is 0 Å². The van der Waals surface area contributed by atoms with Crippen molar-refractivity contribution in [1.82, 2.24) is 4.98 Å². The minimum Gasteiger partial charge on any atom is -0.354 e. The first kappa shape index (κ1) is 8.48. The maximum absolute atomic E-state index is 13.0. The molecule has 0 saturated heterocycles. The Hall–Kier alpha value is -1.83. The maximum Gasteiger partial charge on any atom is 0.125 e. The van der Waals surface area contributed by atoms with Crippen LogP contribution in [0.5, 0.6) is 0 Å². The molecular weight excluding hydrogens is 189 g/mol. The van der Waals surface area contributed by atoms with E-state index in [1.807, 2.05) is 13.0 Å². The van der Waals surface area contributed by atoms with Crippen LogP contribution in [0.1, 0.15) is 5.56 Å². The van der Waals surface area contributed by atoms with Crippen LogP contribution in [0.15, 0.2) is 36.4 Å². The summed E-state index contributed by atoms with van der Waals surface area (Å²) in [5.74, 6) is -0.203. The predicted octanol–water partition coefficient (Wildman–Crippen LogP) is 3.77. The highest BCUT2D eigenvalue weighted by Crippen LogP contribution is 2.26. The topological polar surface area (TPSA) is 15.8 Å². The average Bonchev–Trinajstić information content (AvgIpc) is 2.53. The molecule has 0 fully saturated rings. The van der Waals surface area contributed by atoms with Crippen molar-refractivity contribution >= 4 is 21.8 Å². The number of H-pyrrole nitrogens is 1. The van der Waals surface area contributed by atoms with Crippen molar-refractivity contribution in [1.29, 1.82) is 0 Å². The van der Waals surface area contributed by atoms with Gasteiger partial charge in [0, 0.05) is 21.8 Å². The Kier molecular flexibility index (Phi) is 1.60. The van der Waals surface area contributed by atoms with Crippen molar-refractivity contribution in [3.8, 4) is 0 Å². The molecule has 3 rings (SSSR count). The zero-order valence-electron chi connectivity index (χ0n) is 8.34. The Morgan fingerprint density at radius 1 is 0.933 bits per heavy atom. The van der Waals surface area contributed by atoms with Gasteiger partial charge in [0.05, 0.1) is 0 Å². The van der Waals surface area contributed by atoms with Gasteiger partial charge in [0.25, 0.3) is 0 Å². The summed E-state index contributed by atoms with van der Waals surface area (Å²) in [5, 5.41) is 2.22. The zero-order valence-corrected chi connectivity index (χ0v) is 8.34. The van der Waals surface area contributed by atoms with Gasteiger partial charge in [0.15, 0.2) is 0 Å². The minimum absolute atomic E-state index is 0.203. The van der Waals surface area contributed by atoms with E-state index in [0.29, 0.717) is 0 Å². The lowest BCUT2D eigenvalue weighted by Crippen LogP contribution is -1.71. The van der Waals surface area contributed by atoms with E-state index in [9.17, 15) is 4.39 Å². The average molecular weight is 199 g/mol. The van der Waals surface area contributed by atoms with Gasteiger partial charge in [-0.3, -0.25) is 0 Å². The predicted molar refractivity (Wildman–Crippen MR) is 60.5 cm³/mol. The van der Waals surface area contributed by atoms with Crippen LogP contribution in [0.4, 0.5) is 4.39 Å². The number of rotatable bonds is 0. The Morgan fingerprint density at radius 2 is 1.60 bits per heavy atom. The van der Waals surface area contributed by atoms with Crippen molar-refractivity contribution in [3.05, 3.63) is 47.8 Å². The molecule has 1 nitrogen and oxygen atoms in total. The zero-order chi connectivity index (χ0) is 10.4. The first-order valence-corrected chi connectivity index (χ1v) is 4.92. The third kappa shape index (κ3) is 1.22. The first-order chi connectivity index (χ1) is 7.24. The van der Waals surface area contributed by atoms with Gasteiger partial charge in [-0.2, -0.15) is 0 Å². The van der Waals surface area contributed by atoms with Gasteiger partial charge in [-0.25, -0.2) is 4.39 Å². The molecule has 74 valence electrons. The van der Waals surface area contributed by atoms with Crippen LogP contribution < -0.4 is 0 Å². The second-order valence-electron chi connectivity index (χ2n) is 3.86. The summed E-state index contributed by atoms with van der Waals surface area (Å²) in [6.07, 6.45) is 0. The van der Waals surface area contributed by atoms with E-state index in [2.05, 4.69) is 23.2 Å². The standard InChI is InChI=1S/C13H10FN/c1-8-2-4-10-11-5-3-9(14)7-13(11)15-12(10)6-8/h2-7,15H,1H3. The normalized spacial score (nSPS) is 11.3. The third-order valence-electron chi connectivity index (χ3n) is 2.72. The van der Waals surface area contributed by atoms with Gasteiger partial charge in [-0.05, 0) is 36.8 Å². The highest BCUT2D eigenvalue weighted by Gasteiger charge is 2.04. The van der Waals surface area contributed by atoms with Crippen LogP contribution >= 0.6 is 0 Å². The highest BCUT2D eigenvalue weighted by molar-refractivity contribution is 6.07. The summed E-state index contributed by atoms with van der Waals surface area (Å²) < 4.78 is 13.0. The molecule has 0 spiro atoms. The van der Waals surface area contributed by atoms with Crippen LogP contribution in [0.3, 0.4) is 0 Å². The molecule has 0 unspecified atom stereocenters. The van der Waals surface area contributed by atoms with Crippen LogP contribution in [0.2, 0.25) is 0 Å². The summed E-state index contributed by atoms with van der Waals surface area (Å²) in [6, 6.07) is 11.1. The minimum atomic E-state index is -0.203. The van der Waals surface area contributed by atoms with Gasteiger partial charge >= 0.3 is 0 Å². The van der Waals surface area contributed by atoms with Crippen molar-refractivity contribution in [2.24, 2.45) is 0 Å². The quantitative estimate of drug-likeness (QED) is 0.567. The Morgan fingerprint density at radius 3 is 2.40 bits per heavy atom. The lowest BCUT2D eigenvalue weighted by Gasteiger charge is -1.92. The van der Waals surface area contributed by atoms with Gasteiger partial charge in [0.2, 0.25) is 0 Å². The second kappa shape index (κ2) is 2.83. The molecule has 3 aromatic rings. The van der Waals surface area contributed by atoms with E-state index in [1.54, 1.807) is 0 Å². The number of aromatic nitrogens is 1. The Bertz CT molecular complexity index is 596. The number of halogens is 1. The molecule has 0 radical (unpaired) electrons. The lowest BCUT2D eigenvalue weighted by molar-refractivity contribution is 0.629. The van der Waals surface area contributed by atoms with Crippen molar-refractivity contribution < 1.29 is 4.39 Å². The van der Waals surface area contributed by atoms with Gasteiger partial charge in [0.1, 0.15) is 5.82 Å². The van der Waals surface area contributed by atoms with Crippen molar-refractivity contribution in [3.63, 3.8) is 0 Å². The summed E-state index contributed by atoms with van der Waals surface area (Å²) >= 11 is 0. The van der Waals surface area contributed by atoms with Crippen molar-refractivity contribution in [2.45, 2.75) is 6.92 Å².